The van der Waals surface area contributed by atoms with Crippen LogP contribution in [-0.4, -0.2) is 83.7 Å². The molecule has 1 aromatic rings. The number of imidazole rings is 1. The van der Waals surface area contributed by atoms with Crippen LogP contribution in [0.15, 0.2) is 57.7 Å². The van der Waals surface area contributed by atoms with Gasteiger partial charge in [-0.1, -0.05) is 96.8 Å². The molecule has 8 N–H and O–H groups in total. The van der Waals surface area contributed by atoms with Crippen molar-refractivity contribution in [3.8, 4) is 0 Å². The van der Waals surface area contributed by atoms with Crippen molar-refractivity contribution in [2.24, 2.45) is 97.3 Å². The SMILES string of the molecule is CC1(C)CC(n2ccnc2)CSSCC2CC(C3CC4CCCC5=C4C(C1=C1CCCC4(CCCC4)C51)C3O)C1(C)CC(CN=C(N)N)C3C(=CC(=O)C4CC(O)C(O)CC43C3CCCCC3)C21O. The Bertz CT molecular complexity index is 2290. The fourth-order valence-corrected chi connectivity index (χ4v) is 23.2. The summed E-state index contributed by atoms with van der Waals surface area (Å²) in [7, 11) is 3.82. The summed E-state index contributed by atoms with van der Waals surface area (Å²) < 4.78 is 2.34. The third-order valence-corrected chi connectivity index (χ3v) is 25.2. The van der Waals surface area contributed by atoms with Gasteiger partial charge in [-0.15, -0.1) is 0 Å². The summed E-state index contributed by atoms with van der Waals surface area (Å²) >= 11 is 0. The molecule has 16 atom stereocenters. The molecule has 1 aliphatic heterocycles. The minimum Gasteiger partial charge on any atom is -0.392 e. The second-order valence-electron chi connectivity index (χ2n) is 26.1. The van der Waals surface area contributed by atoms with E-state index in [1.54, 1.807) is 22.3 Å². The Morgan fingerprint density at radius 3 is 2.36 bits per heavy atom. The molecule has 0 amide bonds. The Morgan fingerprint density at radius 2 is 1.61 bits per heavy atom. The molecule has 16 unspecified atom stereocenters. The zero-order valence-corrected chi connectivity index (χ0v) is 43.5. The highest BCUT2D eigenvalue weighted by Gasteiger charge is 2.74. The number of ketones is 1. The zero-order chi connectivity index (χ0) is 47.8. The Kier molecular flexibility index (Phi) is 12.2. The van der Waals surface area contributed by atoms with Crippen LogP contribution in [0.4, 0.5) is 0 Å². The molecule has 10 aliphatic carbocycles. The van der Waals surface area contributed by atoms with Crippen molar-refractivity contribution in [1.82, 2.24) is 9.55 Å². The molecule has 1 spiro atoms. The largest absolute Gasteiger partial charge is 0.392 e. The molecule has 2 heterocycles. The van der Waals surface area contributed by atoms with Gasteiger partial charge in [-0.3, -0.25) is 9.79 Å². The van der Waals surface area contributed by atoms with Gasteiger partial charge >= 0.3 is 0 Å². The van der Waals surface area contributed by atoms with Crippen LogP contribution in [0, 0.1) is 80.8 Å². The van der Waals surface area contributed by atoms with E-state index in [1.165, 1.54) is 51.4 Å². The van der Waals surface area contributed by atoms with E-state index in [-0.39, 0.29) is 71.0 Å². The van der Waals surface area contributed by atoms with E-state index in [1.807, 2.05) is 40.2 Å². The van der Waals surface area contributed by atoms with Gasteiger partial charge in [-0.25, -0.2) is 4.98 Å². The smallest absolute Gasteiger partial charge is 0.185 e. The van der Waals surface area contributed by atoms with Crippen molar-refractivity contribution < 1.29 is 25.2 Å². The highest BCUT2D eigenvalue weighted by molar-refractivity contribution is 8.76. The second-order valence-corrected chi connectivity index (χ2v) is 28.6. The van der Waals surface area contributed by atoms with Crippen LogP contribution in [-0.2, 0) is 4.79 Å². The van der Waals surface area contributed by atoms with Gasteiger partial charge < -0.3 is 36.5 Å². The fraction of sp³-hybridized carbons (Fsp3) is 0.807. The molecule has 11 aliphatic rings. The molecule has 12 heteroatoms. The third kappa shape index (κ3) is 7.09. The van der Waals surface area contributed by atoms with E-state index in [4.69, 9.17) is 16.5 Å². The van der Waals surface area contributed by atoms with Gasteiger partial charge in [-0.2, -0.15) is 0 Å². The highest BCUT2D eigenvalue weighted by Crippen LogP contribution is 2.75. The number of carbonyl (C=O) groups excluding carboxylic acids is 1. The molecule has 0 radical (unpaired) electrons. The molecule has 4 bridgehead atoms. The van der Waals surface area contributed by atoms with E-state index in [2.05, 4.69) is 36.5 Å². The molecular formula is C57H83N5O5S2. The highest BCUT2D eigenvalue weighted by atomic mass is 33.1. The quantitative estimate of drug-likeness (QED) is 0.0737. The van der Waals surface area contributed by atoms with Gasteiger partial charge in [0.2, 0.25) is 0 Å². The molecule has 7 saturated carbocycles. The predicted molar refractivity (Wildman–Crippen MR) is 276 cm³/mol. The maximum atomic E-state index is 15.3. The minimum atomic E-state index is -1.33. The van der Waals surface area contributed by atoms with Gasteiger partial charge in [0.1, 0.15) is 0 Å². The summed E-state index contributed by atoms with van der Waals surface area (Å²) in [5, 5.41) is 51.9. The molecule has 1 saturated heterocycles. The summed E-state index contributed by atoms with van der Waals surface area (Å²) in [5.41, 5.74) is 17.5. The van der Waals surface area contributed by atoms with Crippen molar-refractivity contribution in [3.63, 3.8) is 0 Å². The molecule has 1 aromatic heterocycles. The number of rotatable bonds is 4. The molecule has 69 heavy (non-hydrogen) atoms. The topological polar surface area (TPSA) is 180 Å². The number of hydrogen-bond donors (Lipinski definition) is 6. The van der Waals surface area contributed by atoms with Crippen molar-refractivity contribution >= 4 is 33.3 Å². The molecule has 12 rings (SSSR count). The van der Waals surface area contributed by atoms with Crippen LogP contribution in [0.25, 0.3) is 0 Å². The molecule has 378 valence electrons. The lowest BCUT2D eigenvalue weighted by atomic mass is 9.38. The average molecular weight is 982 g/mol. The first-order chi connectivity index (χ1) is 33.1. The lowest BCUT2D eigenvalue weighted by Crippen LogP contribution is -2.67. The van der Waals surface area contributed by atoms with Crippen LogP contribution in [0.2, 0.25) is 0 Å². The maximum absolute atomic E-state index is 15.3. The molecular weight excluding hydrogens is 899 g/mol. The van der Waals surface area contributed by atoms with Crippen molar-refractivity contribution in [1.29, 1.82) is 0 Å². The number of aromatic nitrogens is 2. The van der Waals surface area contributed by atoms with Gasteiger partial charge in [0.25, 0.3) is 0 Å². The summed E-state index contributed by atoms with van der Waals surface area (Å²) in [5.74, 6) is 1.80. The van der Waals surface area contributed by atoms with Crippen molar-refractivity contribution in [3.05, 3.63) is 52.7 Å². The van der Waals surface area contributed by atoms with Crippen molar-refractivity contribution in [2.75, 3.05) is 18.1 Å². The number of aliphatic hydroxyl groups excluding tert-OH is 3. The number of nitrogens with two attached hydrogens (primary N) is 2. The van der Waals surface area contributed by atoms with Crippen LogP contribution in [0.1, 0.15) is 162 Å². The van der Waals surface area contributed by atoms with Crippen molar-refractivity contribution in [2.45, 2.75) is 186 Å². The number of aliphatic imine (C=N–C) groups is 1. The zero-order valence-electron chi connectivity index (χ0n) is 41.9. The number of fused-ring (bicyclic) bond motifs is 14. The minimum absolute atomic E-state index is 0.00191. The number of aliphatic hydroxyl groups is 4. The van der Waals surface area contributed by atoms with Crippen LogP contribution in [0.3, 0.4) is 0 Å². The maximum Gasteiger partial charge on any atom is 0.185 e. The standard InChI is InChI=1S/C57H83N5O5S2/c1-53(2)26-36(62-20-19-60-31-62)30-69-68-29-35-22-40(39-21-32-11-9-14-37-46(32)47(51(39)66)50(53)38-15-10-18-55(49(37)38)16-7-8-17-55)54(3)25-33(28-61-52(58)59)48-42(57(35,54)67)24-43(63)41-23-44(64)45(65)27-56(41,48)34-12-5-4-6-13-34/h19-20,24,31-36,39-41,44-45,47-49,51,64-67H,4-18,21-23,25-30H2,1-3H3,(H4,58,59,61). The van der Waals surface area contributed by atoms with E-state index in [0.29, 0.717) is 36.6 Å². The summed E-state index contributed by atoms with van der Waals surface area (Å²) in [6.07, 6.45) is 27.3. The van der Waals surface area contributed by atoms with E-state index >= 15 is 4.79 Å². The fourth-order valence-electron chi connectivity index (χ4n) is 20.5. The second kappa shape index (κ2) is 17.5. The number of allylic oxidation sites excluding steroid dienone is 3. The molecule has 0 aromatic carbocycles. The van der Waals surface area contributed by atoms with Crippen LogP contribution in [0.5, 0.6) is 0 Å². The van der Waals surface area contributed by atoms with Gasteiger partial charge in [0.05, 0.1) is 30.2 Å². The van der Waals surface area contributed by atoms with Crippen LogP contribution < -0.4 is 11.5 Å². The first-order valence-electron chi connectivity index (χ1n) is 27.9. The number of guanidine groups is 1. The molecule has 10 nitrogen and oxygen atoms in total. The third-order valence-electron chi connectivity index (χ3n) is 22.7. The first kappa shape index (κ1) is 47.9. The predicted octanol–water partition coefficient (Wildman–Crippen LogP) is 9.49. The monoisotopic (exact) mass is 982 g/mol. The van der Waals surface area contributed by atoms with Crippen LogP contribution >= 0.6 is 21.6 Å². The Balaban J connectivity index is 1.04. The summed E-state index contributed by atoms with van der Waals surface area (Å²) in [6.45, 7) is 7.78. The van der Waals surface area contributed by atoms with E-state index in [9.17, 15) is 20.4 Å². The van der Waals surface area contributed by atoms with E-state index in [0.717, 1.165) is 81.3 Å². The Labute approximate surface area is 419 Å². The van der Waals surface area contributed by atoms with Gasteiger partial charge in [0.15, 0.2) is 11.7 Å². The molecule has 8 fully saturated rings. The summed E-state index contributed by atoms with van der Waals surface area (Å²) in [6, 6.07) is 0.201. The first-order valence-corrected chi connectivity index (χ1v) is 30.4. The number of hydrogen-bond acceptors (Lipinski definition) is 9. The Morgan fingerprint density at radius 1 is 0.855 bits per heavy atom. The lowest BCUT2D eigenvalue weighted by Gasteiger charge is -2.66. The van der Waals surface area contributed by atoms with Gasteiger partial charge in [-0.05, 0) is 166 Å². The van der Waals surface area contributed by atoms with E-state index < -0.39 is 40.7 Å². The van der Waals surface area contributed by atoms with Gasteiger partial charge in [0, 0.05) is 65.6 Å². The number of nitrogens with zero attached hydrogens (tertiary/aromatic N) is 3. The summed E-state index contributed by atoms with van der Waals surface area (Å²) in [4.78, 5) is 24.7. The normalized spacial score (nSPS) is 46.0. The average Bonchev–Trinajstić information content (AvgIpc) is 4.09. The Hall–Kier alpha value is -2.09. The number of carbonyl (C=O) groups is 1. The lowest BCUT2D eigenvalue weighted by molar-refractivity contribution is -0.189.